The highest BCUT2D eigenvalue weighted by Gasteiger charge is 2.10. The van der Waals surface area contributed by atoms with Crippen LogP contribution in [0.25, 0.3) is 11.0 Å². The summed E-state index contributed by atoms with van der Waals surface area (Å²) in [6.07, 6.45) is 1.95. The van der Waals surface area contributed by atoms with E-state index in [1.165, 1.54) is 11.1 Å². The van der Waals surface area contributed by atoms with Crippen molar-refractivity contribution in [3.05, 3.63) is 65.0 Å². The average molecular weight is 279 g/mol. The van der Waals surface area contributed by atoms with Crippen LogP contribution in [0, 0.1) is 6.92 Å². The van der Waals surface area contributed by atoms with Gasteiger partial charge in [0.25, 0.3) is 0 Å². The zero-order valence-corrected chi connectivity index (χ0v) is 12.6. The van der Waals surface area contributed by atoms with Crippen molar-refractivity contribution in [1.82, 2.24) is 9.55 Å². The number of rotatable bonds is 4. The van der Waals surface area contributed by atoms with Crippen LogP contribution in [-0.2, 0) is 26.4 Å². The van der Waals surface area contributed by atoms with Crippen LogP contribution in [0.3, 0.4) is 0 Å². The van der Waals surface area contributed by atoms with Crippen LogP contribution < -0.4 is 5.73 Å². The van der Waals surface area contributed by atoms with Crippen LogP contribution in [0.5, 0.6) is 0 Å². The highest BCUT2D eigenvalue weighted by molar-refractivity contribution is 5.79. The molecule has 0 saturated heterocycles. The minimum Gasteiger partial charge on any atom is -0.331 e. The predicted octanol–water partition coefficient (Wildman–Crippen LogP) is 3.13. The Morgan fingerprint density at radius 1 is 1.10 bits per heavy atom. The molecule has 3 rings (SSSR count). The lowest BCUT2D eigenvalue weighted by Gasteiger charge is -2.04. The van der Waals surface area contributed by atoms with E-state index >= 15 is 0 Å². The third kappa shape index (κ3) is 2.69. The molecule has 0 aliphatic heterocycles. The summed E-state index contributed by atoms with van der Waals surface area (Å²) in [7, 11) is 2.08. The number of para-hydroxylation sites is 1. The lowest BCUT2D eigenvalue weighted by Crippen LogP contribution is -2.00. The largest absolute Gasteiger partial charge is 0.331 e. The second kappa shape index (κ2) is 5.70. The molecule has 0 aliphatic rings. The number of benzene rings is 2. The van der Waals surface area contributed by atoms with Crippen molar-refractivity contribution in [2.75, 3.05) is 0 Å². The van der Waals surface area contributed by atoms with E-state index < -0.39 is 0 Å². The molecule has 0 bridgehead atoms. The first-order chi connectivity index (χ1) is 10.2. The number of fused-ring (bicyclic) bond motifs is 1. The predicted molar refractivity (Wildman–Crippen MR) is 87.2 cm³/mol. The number of aromatic nitrogens is 2. The quantitative estimate of drug-likeness (QED) is 0.797. The van der Waals surface area contributed by atoms with Gasteiger partial charge in [0.1, 0.15) is 5.82 Å². The Bertz CT molecular complexity index is 771. The maximum absolute atomic E-state index is 5.81. The fraction of sp³-hybridized carbons (Fsp3) is 0.278. The Balaban J connectivity index is 1.89. The van der Waals surface area contributed by atoms with E-state index in [1.54, 1.807) is 0 Å². The molecule has 0 radical (unpaired) electrons. The Kier molecular flexibility index (Phi) is 3.76. The Morgan fingerprint density at radius 3 is 2.67 bits per heavy atom. The first kappa shape index (κ1) is 13.8. The highest BCUT2D eigenvalue weighted by Crippen LogP contribution is 2.20. The highest BCUT2D eigenvalue weighted by atomic mass is 15.1. The summed E-state index contributed by atoms with van der Waals surface area (Å²) < 4.78 is 2.18. The molecular formula is C18H21N3. The van der Waals surface area contributed by atoms with Crippen LogP contribution in [0.2, 0.25) is 0 Å². The van der Waals surface area contributed by atoms with Gasteiger partial charge in [0.15, 0.2) is 0 Å². The molecule has 3 aromatic rings. The van der Waals surface area contributed by atoms with Crippen molar-refractivity contribution < 1.29 is 0 Å². The molecule has 0 spiro atoms. The SMILES string of the molecule is Cc1cccc(CCc2nc3c(CN)cccc3n2C)c1. The topological polar surface area (TPSA) is 43.8 Å². The number of aryl methyl sites for hydroxylation is 4. The molecule has 108 valence electrons. The molecule has 0 atom stereocenters. The summed E-state index contributed by atoms with van der Waals surface area (Å²) >= 11 is 0. The van der Waals surface area contributed by atoms with Crippen molar-refractivity contribution in [1.29, 1.82) is 0 Å². The molecular weight excluding hydrogens is 258 g/mol. The van der Waals surface area contributed by atoms with Crippen molar-refractivity contribution >= 4 is 11.0 Å². The Labute approximate surface area is 125 Å². The van der Waals surface area contributed by atoms with E-state index in [0.29, 0.717) is 6.54 Å². The summed E-state index contributed by atoms with van der Waals surface area (Å²) in [6.45, 7) is 2.66. The first-order valence-electron chi connectivity index (χ1n) is 7.38. The van der Waals surface area contributed by atoms with Crippen molar-refractivity contribution in [2.24, 2.45) is 12.8 Å². The lowest BCUT2D eigenvalue weighted by atomic mass is 10.1. The van der Waals surface area contributed by atoms with Crippen molar-refractivity contribution in [3.63, 3.8) is 0 Å². The molecule has 3 nitrogen and oxygen atoms in total. The number of nitrogens with two attached hydrogens (primary N) is 1. The van der Waals surface area contributed by atoms with Crippen molar-refractivity contribution in [3.8, 4) is 0 Å². The summed E-state index contributed by atoms with van der Waals surface area (Å²) in [5, 5.41) is 0. The van der Waals surface area contributed by atoms with E-state index in [0.717, 1.165) is 35.3 Å². The van der Waals surface area contributed by atoms with Crippen LogP contribution >= 0.6 is 0 Å². The van der Waals surface area contributed by atoms with Crippen LogP contribution in [0.15, 0.2) is 42.5 Å². The monoisotopic (exact) mass is 279 g/mol. The summed E-state index contributed by atoms with van der Waals surface area (Å²) in [6, 6.07) is 14.9. The first-order valence-corrected chi connectivity index (χ1v) is 7.38. The molecule has 1 aromatic heterocycles. The summed E-state index contributed by atoms with van der Waals surface area (Å²) in [4.78, 5) is 4.80. The smallest absolute Gasteiger partial charge is 0.109 e. The lowest BCUT2D eigenvalue weighted by molar-refractivity contribution is 0.786. The molecule has 0 fully saturated rings. The van der Waals surface area contributed by atoms with Gasteiger partial charge in [0.05, 0.1) is 11.0 Å². The number of hydrogen-bond donors (Lipinski definition) is 1. The van der Waals surface area contributed by atoms with Gasteiger partial charge in [0, 0.05) is 20.0 Å². The van der Waals surface area contributed by atoms with Gasteiger partial charge >= 0.3 is 0 Å². The Morgan fingerprint density at radius 2 is 1.90 bits per heavy atom. The second-order valence-electron chi connectivity index (χ2n) is 5.57. The van der Waals surface area contributed by atoms with Crippen LogP contribution in [0.4, 0.5) is 0 Å². The van der Waals surface area contributed by atoms with E-state index in [-0.39, 0.29) is 0 Å². The normalized spacial score (nSPS) is 11.2. The number of imidazole rings is 1. The third-order valence-corrected chi connectivity index (χ3v) is 4.03. The summed E-state index contributed by atoms with van der Waals surface area (Å²) in [5.41, 5.74) is 11.8. The average Bonchev–Trinajstić information content (AvgIpc) is 2.82. The second-order valence-corrected chi connectivity index (χ2v) is 5.57. The zero-order valence-electron chi connectivity index (χ0n) is 12.6. The molecule has 2 N–H and O–H groups in total. The van der Waals surface area contributed by atoms with Gasteiger partial charge < -0.3 is 10.3 Å². The molecule has 21 heavy (non-hydrogen) atoms. The van der Waals surface area contributed by atoms with Gasteiger partial charge in [-0.05, 0) is 30.5 Å². The van der Waals surface area contributed by atoms with Gasteiger partial charge in [-0.2, -0.15) is 0 Å². The van der Waals surface area contributed by atoms with Crippen LogP contribution in [0.1, 0.15) is 22.5 Å². The van der Waals surface area contributed by atoms with Crippen molar-refractivity contribution in [2.45, 2.75) is 26.3 Å². The summed E-state index contributed by atoms with van der Waals surface area (Å²) in [5.74, 6) is 1.12. The van der Waals surface area contributed by atoms with Gasteiger partial charge in [-0.1, -0.05) is 42.0 Å². The van der Waals surface area contributed by atoms with Crippen LogP contribution in [-0.4, -0.2) is 9.55 Å². The standard InChI is InChI=1S/C18H21N3/c1-13-5-3-6-14(11-13)9-10-17-20-18-15(12-19)7-4-8-16(18)21(17)2/h3-8,11H,9-10,12,19H2,1-2H3. The maximum Gasteiger partial charge on any atom is 0.109 e. The van der Waals surface area contributed by atoms with E-state index in [2.05, 4.69) is 61.0 Å². The molecule has 2 aromatic carbocycles. The van der Waals surface area contributed by atoms with E-state index in [9.17, 15) is 0 Å². The Hall–Kier alpha value is -2.13. The third-order valence-electron chi connectivity index (χ3n) is 4.03. The molecule has 1 heterocycles. The zero-order chi connectivity index (χ0) is 14.8. The molecule has 3 heteroatoms. The molecule has 0 saturated carbocycles. The molecule has 0 unspecified atom stereocenters. The minimum atomic E-state index is 0.533. The fourth-order valence-corrected chi connectivity index (χ4v) is 2.83. The molecule has 0 amide bonds. The van der Waals surface area contributed by atoms with E-state index in [1.807, 2.05) is 0 Å². The number of nitrogens with zero attached hydrogens (tertiary/aromatic N) is 2. The van der Waals surface area contributed by atoms with Gasteiger partial charge in [-0.3, -0.25) is 0 Å². The number of hydrogen-bond acceptors (Lipinski definition) is 2. The van der Waals surface area contributed by atoms with Gasteiger partial charge in [-0.25, -0.2) is 4.98 Å². The van der Waals surface area contributed by atoms with E-state index in [4.69, 9.17) is 10.7 Å². The maximum atomic E-state index is 5.81. The fourth-order valence-electron chi connectivity index (χ4n) is 2.83. The van der Waals surface area contributed by atoms with Gasteiger partial charge in [-0.15, -0.1) is 0 Å². The van der Waals surface area contributed by atoms with Gasteiger partial charge in [0.2, 0.25) is 0 Å². The molecule has 0 aliphatic carbocycles. The minimum absolute atomic E-state index is 0.533.